The molecule has 0 aliphatic rings. The summed E-state index contributed by atoms with van der Waals surface area (Å²) in [6, 6.07) is 3.51. The van der Waals surface area contributed by atoms with Crippen LogP contribution in [0.15, 0.2) is 30.7 Å². The fourth-order valence-corrected chi connectivity index (χ4v) is 3.06. The molecule has 0 amide bonds. The van der Waals surface area contributed by atoms with Crippen molar-refractivity contribution >= 4 is 17.6 Å². The van der Waals surface area contributed by atoms with Gasteiger partial charge in [-0.15, -0.1) is 0 Å². The summed E-state index contributed by atoms with van der Waals surface area (Å²) in [6.07, 6.45) is -6.78. The van der Waals surface area contributed by atoms with Gasteiger partial charge in [0.15, 0.2) is 12.4 Å². The van der Waals surface area contributed by atoms with Crippen molar-refractivity contribution in [3.8, 4) is 23.0 Å². The third-order valence-electron chi connectivity index (χ3n) is 3.83. The number of methoxy groups -OCH3 is 1. The van der Waals surface area contributed by atoms with Gasteiger partial charge in [0.2, 0.25) is 11.8 Å². The number of halogens is 7. The Kier molecular flexibility index (Phi) is 7.68. The molecule has 3 aromatic rings. The van der Waals surface area contributed by atoms with Crippen molar-refractivity contribution in [1.82, 2.24) is 24.7 Å². The Morgan fingerprint density at radius 1 is 1.09 bits per heavy atom. The number of pyridine rings is 2. The first-order valence-corrected chi connectivity index (χ1v) is 10.2. The van der Waals surface area contributed by atoms with Crippen molar-refractivity contribution in [1.29, 1.82) is 0 Å². The maximum atomic E-state index is 14.4. The van der Waals surface area contributed by atoms with Crippen molar-refractivity contribution in [3.63, 3.8) is 0 Å². The van der Waals surface area contributed by atoms with Gasteiger partial charge in [0.25, 0.3) is 0 Å². The van der Waals surface area contributed by atoms with E-state index in [0.717, 1.165) is 12.4 Å². The molecule has 0 atom stereocenters. The van der Waals surface area contributed by atoms with E-state index in [4.69, 9.17) is 9.47 Å². The Balaban J connectivity index is 1.74. The van der Waals surface area contributed by atoms with E-state index in [1.54, 1.807) is 0 Å². The molecule has 0 spiro atoms. The fraction of sp³-hybridized carbons (Fsp3) is 0.333. The molecule has 0 saturated heterocycles. The van der Waals surface area contributed by atoms with Crippen molar-refractivity contribution in [2.45, 2.75) is 25.5 Å². The molecule has 0 aromatic carbocycles. The largest absolute Gasteiger partial charge is 0.480 e. The molecule has 0 fully saturated rings. The van der Waals surface area contributed by atoms with Crippen LogP contribution in [0.5, 0.6) is 11.8 Å². The van der Waals surface area contributed by atoms with E-state index in [1.165, 1.54) is 25.4 Å². The fourth-order valence-electron chi connectivity index (χ4n) is 2.52. The molecule has 0 unspecified atom stereocenters. The second-order valence-electron chi connectivity index (χ2n) is 6.53. The second kappa shape index (κ2) is 10.3. The predicted molar refractivity (Wildman–Crippen MR) is 107 cm³/mol. The van der Waals surface area contributed by atoms with Gasteiger partial charge in [-0.1, -0.05) is 0 Å². The summed E-state index contributed by atoms with van der Waals surface area (Å²) < 4.78 is 102. The highest BCUT2D eigenvalue weighted by Crippen LogP contribution is 2.32. The van der Waals surface area contributed by atoms with Gasteiger partial charge in [0, 0.05) is 17.8 Å². The van der Waals surface area contributed by atoms with E-state index in [2.05, 4.69) is 24.8 Å². The summed E-state index contributed by atoms with van der Waals surface area (Å²) in [4.78, 5) is 11.6. The SMILES string of the molecule is COc1ncc(-c2nc(OCc3ncn(CC(F)(F)F)n3)ccc2F)cc1NSCC(F)(F)F. The maximum absolute atomic E-state index is 14.4. The van der Waals surface area contributed by atoms with Crippen LogP contribution in [0, 0.1) is 5.82 Å². The number of aromatic nitrogens is 5. The Morgan fingerprint density at radius 2 is 1.85 bits per heavy atom. The molecule has 184 valence electrons. The van der Waals surface area contributed by atoms with Gasteiger partial charge in [-0.2, -0.15) is 31.4 Å². The first-order valence-electron chi connectivity index (χ1n) is 9.17. The number of hydrogen-bond acceptors (Lipinski definition) is 8. The van der Waals surface area contributed by atoms with Crippen LogP contribution in [0.2, 0.25) is 0 Å². The highest BCUT2D eigenvalue weighted by Gasteiger charge is 2.29. The van der Waals surface area contributed by atoms with Gasteiger partial charge in [0.1, 0.15) is 35.8 Å². The Bertz CT molecular complexity index is 1120. The van der Waals surface area contributed by atoms with E-state index in [1.807, 2.05) is 0 Å². The van der Waals surface area contributed by atoms with Gasteiger partial charge in [-0.3, -0.25) is 0 Å². The zero-order valence-electron chi connectivity index (χ0n) is 17.1. The Labute approximate surface area is 191 Å². The van der Waals surface area contributed by atoms with Crippen molar-refractivity contribution in [3.05, 3.63) is 42.4 Å². The number of nitrogens with one attached hydrogen (secondary N) is 1. The summed E-state index contributed by atoms with van der Waals surface area (Å²) in [6.45, 7) is -1.66. The second-order valence-corrected chi connectivity index (χ2v) is 7.31. The average molecular weight is 512 g/mol. The molecule has 1 N–H and O–H groups in total. The third-order valence-corrected chi connectivity index (χ3v) is 4.67. The Hall–Kier alpha value is -3.30. The van der Waals surface area contributed by atoms with Gasteiger partial charge in [0.05, 0.1) is 7.11 Å². The van der Waals surface area contributed by atoms with Gasteiger partial charge in [-0.05, 0) is 24.1 Å². The number of hydrogen-bond donors (Lipinski definition) is 1. The molecule has 0 bridgehead atoms. The summed E-state index contributed by atoms with van der Waals surface area (Å²) in [5, 5.41) is 3.63. The van der Waals surface area contributed by atoms with Gasteiger partial charge in [-0.25, -0.2) is 24.0 Å². The summed E-state index contributed by atoms with van der Waals surface area (Å²) in [5.41, 5.74) is -0.0697. The van der Waals surface area contributed by atoms with E-state index >= 15 is 0 Å². The maximum Gasteiger partial charge on any atom is 0.408 e. The van der Waals surface area contributed by atoms with Crippen LogP contribution in [0.25, 0.3) is 11.3 Å². The number of alkyl halides is 6. The van der Waals surface area contributed by atoms with E-state index in [9.17, 15) is 30.7 Å². The topological polar surface area (TPSA) is 87.0 Å². The van der Waals surface area contributed by atoms with Gasteiger partial charge >= 0.3 is 12.4 Å². The lowest BCUT2D eigenvalue weighted by Crippen LogP contribution is -2.18. The molecule has 0 radical (unpaired) electrons. The minimum Gasteiger partial charge on any atom is -0.480 e. The van der Waals surface area contributed by atoms with Crippen molar-refractivity contribution < 1.29 is 40.2 Å². The van der Waals surface area contributed by atoms with Gasteiger partial charge < -0.3 is 14.2 Å². The molecule has 16 heteroatoms. The van der Waals surface area contributed by atoms with E-state index < -0.39 is 30.5 Å². The quantitative estimate of drug-likeness (QED) is 0.328. The normalized spacial score (nSPS) is 12.0. The standard InChI is InChI=1S/C18H15F7N6O2S/c1-32-16-12(30-34-8-18(23,24)25)4-10(5-26-16)15-11(19)2-3-14(28-15)33-6-13-27-9-31(29-13)7-17(20,21)22/h2-5,9,30H,6-8H2,1H3. The molecule has 34 heavy (non-hydrogen) atoms. The lowest BCUT2D eigenvalue weighted by molar-refractivity contribution is -0.142. The summed E-state index contributed by atoms with van der Waals surface area (Å²) in [7, 11) is 1.26. The monoisotopic (exact) mass is 512 g/mol. The minimum absolute atomic E-state index is 0.0215. The molecule has 3 rings (SSSR count). The zero-order chi connectivity index (χ0) is 24.9. The van der Waals surface area contributed by atoms with E-state index in [0.29, 0.717) is 16.6 Å². The molecule has 8 nitrogen and oxygen atoms in total. The number of anilines is 1. The third kappa shape index (κ3) is 7.36. The first kappa shape index (κ1) is 25.3. The van der Waals surface area contributed by atoms with Crippen LogP contribution < -0.4 is 14.2 Å². The van der Waals surface area contributed by atoms with Crippen LogP contribution >= 0.6 is 11.9 Å². The van der Waals surface area contributed by atoms with Crippen LogP contribution in [-0.4, -0.2) is 49.9 Å². The zero-order valence-corrected chi connectivity index (χ0v) is 17.9. The molecular weight excluding hydrogens is 497 g/mol. The highest BCUT2D eigenvalue weighted by atomic mass is 32.2. The predicted octanol–water partition coefficient (Wildman–Crippen LogP) is 4.65. The number of rotatable bonds is 9. The molecule has 0 saturated carbocycles. The molecule has 0 aliphatic heterocycles. The van der Waals surface area contributed by atoms with Crippen LogP contribution in [0.4, 0.5) is 36.4 Å². The lowest BCUT2D eigenvalue weighted by atomic mass is 10.1. The van der Waals surface area contributed by atoms with Crippen LogP contribution in [0.1, 0.15) is 5.82 Å². The molecule has 3 aromatic heterocycles. The molecule has 3 heterocycles. The number of nitrogens with zero attached hydrogens (tertiary/aromatic N) is 5. The van der Waals surface area contributed by atoms with Crippen LogP contribution in [0.3, 0.4) is 0 Å². The minimum atomic E-state index is -4.47. The molecule has 0 aliphatic carbocycles. The van der Waals surface area contributed by atoms with Crippen LogP contribution in [-0.2, 0) is 13.2 Å². The number of ether oxygens (including phenoxy) is 2. The molecular formula is C18H15F7N6O2S. The first-order chi connectivity index (χ1) is 15.9. The lowest BCUT2D eigenvalue weighted by Gasteiger charge is -2.13. The van der Waals surface area contributed by atoms with Crippen molar-refractivity contribution in [2.75, 3.05) is 17.6 Å². The highest BCUT2D eigenvalue weighted by molar-refractivity contribution is 8.00. The summed E-state index contributed by atoms with van der Waals surface area (Å²) in [5.74, 6) is -2.15. The summed E-state index contributed by atoms with van der Waals surface area (Å²) >= 11 is 0.345. The van der Waals surface area contributed by atoms with Crippen molar-refractivity contribution in [2.24, 2.45) is 0 Å². The average Bonchev–Trinajstić information content (AvgIpc) is 3.17. The smallest absolute Gasteiger partial charge is 0.408 e. The Morgan fingerprint density at radius 3 is 2.53 bits per heavy atom. The van der Waals surface area contributed by atoms with E-state index in [-0.39, 0.29) is 41.1 Å².